The number of rotatable bonds is 8. The molecule has 2 fully saturated rings. The predicted octanol–water partition coefficient (Wildman–Crippen LogP) is 1.52. The van der Waals surface area contributed by atoms with E-state index in [1.54, 1.807) is 21.3 Å². The summed E-state index contributed by atoms with van der Waals surface area (Å²) in [4.78, 5) is 15.0. The van der Waals surface area contributed by atoms with Crippen LogP contribution in [0.4, 0.5) is 0 Å². The quantitative estimate of drug-likeness (QED) is 0.500. The number of methoxy groups -OCH3 is 3. The van der Waals surface area contributed by atoms with Crippen molar-refractivity contribution in [2.24, 2.45) is 5.92 Å². The van der Waals surface area contributed by atoms with E-state index in [-0.39, 0.29) is 17.7 Å². The Labute approximate surface area is 171 Å². The maximum absolute atomic E-state index is 12.9. The third-order valence-corrected chi connectivity index (χ3v) is 5.67. The molecule has 2 atom stereocenters. The Morgan fingerprint density at radius 2 is 2.00 bits per heavy atom. The van der Waals surface area contributed by atoms with Crippen molar-refractivity contribution in [1.82, 2.24) is 15.5 Å². The van der Waals surface area contributed by atoms with Crippen LogP contribution in [0.25, 0.3) is 0 Å². The fraction of sp³-hybridized carbons (Fsp3) is 0.600. The van der Waals surface area contributed by atoms with Gasteiger partial charge in [-0.25, -0.2) is 0 Å². The van der Waals surface area contributed by atoms with Gasteiger partial charge in [-0.2, -0.15) is 0 Å². The summed E-state index contributed by atoms with van der Waals surface area (Å²) in [5.74, 6) is 1.21. The SMILES string of the molecule is COCCNC(=O)[C@H]1CN(C(=S)NC2CC2)C[C@@H]1c1cc(OC)ccc1OC. The van der Waals surface area contributed by atoms with Crippen LogP contribution in [0.5, 0.6) is 11.5 Å². The fourth-order valence-electron chi connectivity index (χ4n) is 3.58. The van der Waals surface area contributed by atoms with E-state index in [9.17, 15) is 4.79 Å². The highest BCUT2D eigenvalue weighted by Gasteiger charge is 2.41. The third kappa shape index (κ3) is 4.86. The van der Waals surface area contributed by atoms with E-state index in [0.29, 0.717) is 32.3 Å². The molecule has 7 nitrogen and oxygen atoms in total. The minimum atomic E-state index is -0.239. The van der Waals surface area contributed by atoms with Crippen LogP contribution >= 0.6 is 12.2 Å². The van der Waals surface area contributed by atoms with Crippen molar-refractivity contribution in [1.29, 1.82) is 0 Å². The highest BCUT2D eigenvalue weighted by Crippen LogP contribution is 2.39. The normalized spacial score (nSPS) is 21.3. The molecule has 8 heteroatoms. The second kappa shape index (κ2) is 9.43. The molecule has 1 aliphatic heterocycles. The molecule has 1 saturated heterocycles. The van der Waals surface area contributed by atoms with Gasteiger partial charge in [0.1, 0.15) is 11.5 Å². The van der Waals surface area contributed by atoms with Gasteiger partial charge in [-0.15, -0.1) is 0 Å². The van der Waals surface area contributed by atoms with E-state index < -0.39 is 0 Å². The molecule has 1 saturated carbocycles. The van der Waals surface area contributed by atoms with Crippen LogP contribution < -0.4 is 20.1 Å². The lowest BCUT2D eigenvalue weighted by molar-refractivity contribution is -0.125. The van der Waals surface area contributed by atoms with Crippen molar-refractivity contribution in [3.8, 4) is 11.5 Å². The van der Waals surface area contributed by atoms with Crippen LogP contribution in [0.3, 0.4) is 0 Å². The number of benzene rings is 1. The number of nitrogens with zero attached hydrogens (tertiary/aromatic N) is 1. The highest BCUT2D eigenvalue weighted by molar-refractivity contribution is 7.80. The first-order chi connectivity index (χ1) is 13.6. The Balaban J connectivity index is 1.83. The number of hydrogen-bond donors (Lipinski definition) is 2. The Morgan fingerprint density at radius 3 is 2.64 bits per heavy atom. The molecule has 0 aromatic heterocycles. The van der Waals surface area contributed by atoms with Gasteiger partial charge in [0.15, 0.2) is 5.11 Å². The topological polar surface area (TPSA) is 72.1 Å². The van der Waals surface area contributed by atoms with Crippen LogP contribution in [0.2, 0.25) is 0 Å². The summed E-state index contributed by atoms with van der Waals surface area (Å²) >= 11 is 5.60. The summed E-state index contributed by atoms with van der Waals surface area (Å²) in [6, 6.07) is 6.19. The predicted molar refractivity (Wildman–Crippen MR) is 111 cm³/mol. The molecule has 28 heavy (non-hydrogen) atoms. The number of hydrogen-bond acceptors (Lipinski definition) is 5. The van der Waals surface area contributed by atoms with Gasteiger partial charge < -0.3 is 29.7 Å². The maximum Gasteiger partial charge on any atom is 0.225 e. The number of carbonyl (C=O) groups excluding carboxylic acids is 1. The lowest BCUT2D eigenvalue weighted by atomic mass is 9.87. The number of amides is 1. The monoisotopic (exact) mass is 407 g/mol. The summed E-state index contributed by atoms with van der Waals surface area (Å²) in [5.41, 5.74) is 0.963. The number of likely N-dealkylation sites (tertiary alicyclic amines) is 1. The first-order valence-electron chi connectivity index (χ1n) is 9.61. The van der Waals surface area contributed by atoms with E-state index in [4.69, 9.17) is 26.4 Å². The molecule has 0 bridgehead atoms. The molecule has 1 aliphatic carbocycles. The minimum absolute atomic E-state index is 0.00337. The summed E-state index contributed by atoms with van der Waals surface area (Å²) < 4.78 is 16.0. The summed E-state index contributed by atoms with van der Waals surface area (Å²) in [7, 11) is 4.90. The minimum Gasteiger partial charge on any atom is -0.497 e. The summed E-state index contributed by atoms with van der Waals surface area (Å²) in [6.45, 7) is 2.20. The first kappa shape index (κ1) is 20.7. The number of ether oxygens (including phenoxy) is 3. The Kier molecular flexibility index (Phi) is 6.96. The standard InChI is InChI=1S/C20H29N3O4S/c1-25-9-8-21-19(24)17-12-23(20(28)22-13-4-5-13)11-16(17)15-10-14(26-2)6-7-18(15)27-3/h6-7,10,13,16-17H,4-5,8-9,11-12H2,1-3H3,(H,21,24)(H,22,28)/t16-,17+/m1/s1. The van der Waals surface area contributed by atoms with Crippen molar-refractivity contribution in [3.05, 3.63) is 23.8 Å². The lowest BCUT2D eigenvalue weighted by Gasteiger charge is -2.21. The summed E-state index contributed by atoms with van der Waals surface area (Å²) in [5, 5.41) is 7.08. The van der Waals surface area contributed by atoms with E-state index in [1.165, 1.54) is 0 Å². The van der Waals surface area contributed by atoms with Crippen molar-refractivity contribution < 1.29 is 19.0 Å². The zero-order chi connectivity index (χ0) is 20.1. The Morgan fingerprint density at radius 1 is 1.21 bits per heavy atom. The van der Waals surface area contributed by atoms with Crippen LogP contribution in [0, 0.1) is 5.92 Å². The van der Waals surface area contributed by atoms with E-state index in [0.717, 1.165) is 35.0 Å². The van der Waals surface area contributed by atoms with Gasteiger partial charge in [-0.05, 0) is 43.3 Å². The van der Waals surface area contributed by atoms with Crippen LogP contribution in [0.1, 0.15) is 24.3 Å². The molecule has 0 spiro atoms. The molecule has 154 valence electrons. The molecule has 0 unspecified atom stereocenters. The van der Waals surface area contributed by atoms with Gasteiger partial charge in [-0.1, -0.05) is 0 Å². The van der Waals surface area contributed by atoms with Crippen molar-refractivity contribution in [2.75, 3.05) is 47.6 Å². The molecular formula is C20H29N3O4S. The summed E-state index contributed by atoms with van der Waals surface area (Å²) in [6.07, 6.45) is 2.31. The first-order valence-corrected chi connectivity index (χ1v) is 10.0. The zero-order valence-corrected chi connectivity index (χ0v) is 17.5. The molecule has 3 rings (SSSR count). The van der Waals surface area contributed by atoms with E-state index in [2.05, 4.69) is 15.5 Å². The van der Waals surface area contributed by atoms with Crippen LogP contribution in [-0.4, -0.2) is 69.5 Å². The van der Waals surface area contributed by atoms with E-state index in [1.807, 2.05) is 18.2 Å². The second-order valence-electron chi connectivity index (χ2n) is 7.23. The lowest BCUT2D eigenvalue weighted by Crippen LogP contribution is -2.41. The average molecular weight is 408 g/mol. The zero-order valence-electron chi connectivity index (χ0n) is 16.7. The molecule has 1 aromatic rings. The van der Waals surface area contributed by atoms with Crippen molar-refractivity contribution in [3.63, 3.8) is 0 Å². The highest BCUT2D eigenvalue weighted by atomic mass is 32.1. The molecular weight excluding hydrogens is 378 g/mol. The van der Waals surface area contributed by atoms with Crippen molar-refractivity contribution >= 4 is 23.2 Å². The van der Waals surface area contributed by atoms with Gasteiger partial charge >= 0.3 is 0 Å². The van der Waals surface area contributed by atoms with Gasteiger partial charge in [0.2, 0.25) is 5.91 Å². The molecule has 1 aromatic carbocycles. The number of nitrogens with one attached hydrogen (secondary N) is 2. The Hall–Kier alpha value is -2.06. The molecule has 1 heterocycles. The van der Waals surface area contributed by atoms with E-state index >= 15 is 0 Å². The smallest absolute Gasteiger partial charge is 0.225 e. The molecule has 0 radical (unpaired) electrons. The molecule has 2 N–H and O–H groups in total. The fourth-order valence-corrected chi connectivity index (χ4v) is 3.90. The van der Waals surface area contributed by atoms with Gasteiger partial charge in [-0.3, -0.25) is 4.79 Å². The van der Waals surface area contributed by atoms with Gasteiger partial charge in [0.25, 0.3) is 0 Å². The number of carbonyl (C=O) groups is 1. The van der Waals surface area contributed by atoms with Crippen LogP contribution in [0.15, 0.2) is 18.2 Å². The molecule has 2 aliphatic rings. The van der Waals surface area contributed by atoms with Crippen LogP contribution in [-0.2, 0) is 9.53 Å². The maximum atomic E-state index is 12.9. The average Bonchev–Trinajstić information content (AvgIpc) is 3.41. The Bertz CT molecular complexity index is 711. The largest absolute Gasteiger partial charge is 0.497 e. The van der Waals surface area contributed by atoms with Gasteiger partial charge in [0.05, 0.1) is 26.7 Å². The van der Waals surface area contributed by atoms with Crippen molar-refractivity contribution in [2.45, 2.75) is 24.8 Å². The number of thiocarbonyl (C=S) groups is 1. The van der Waals surface area contributed by atoms with Gasteiger partial charge in [0, 0.05) is 44.3 Å². The third-order valence-electron chi connectivity index (χ3n) is 5.29. The second-order valence-corrected chi connectivity index (χ2v) is 7.62. The molecule has 1 amide bonds.